The van der Waals surface area contributed by atoms with Crippen molar-refractivity contribution in [3.05, 3.63) is 106 Å². The van der Waals surface area contributed by atoms with Gasteiger partial charge in [0.2, 0.25) is 0 Å². The van der Waals surface area contributed by atoms with Crippen LogP contribution in [-0.4, -0.2) is 16.5 Å². The Bertz CT molecular complexity index is 1150. The minimum atomic E-state index is 0.593. The normalized spacial score (nSPS) is 13.7. The van der Waals surface area contributed by atoms with Gasteiger partial charge in [0.25, 0.3) is 0 Å². The Morgan fingerprint density at radius 1 is 0.812 bits per heavy atom. The summed E-state index contributed by atoms with van der Waals surface area (Å²) >= 11 is 13.2. The quantitative estimate of drug-likeness (QED) is 0.337. The average Bonchev–Trinajstić information content (AvgIpc) is 3.09. The van der Waals surface area contributed by atoms with E-state index in [0.717, 1.165) is 11.1 Å². The average molecular weight is 465 g/mol. The fraction of sp³-hybridized carbons (Fsp3) is 0.214. The monoisotopic (exact) mass is 464 g/mol. The molecule has 0 spiro atoms. The van der Waals surface area contributed by atoms with Gasteiger partial charge in [-0.25, -0.2) is 0 Å². The maximum Gasteiger partial charge on any atom is 0.142 e. The second-order valence-corrected chi connectivity index (χ2v) is 8.18. The second kappa shape index (κ2) is 11.3. The van der Waals surface area contributed by atoms with Crippen LogP contribution in [0.1, 0.15) is 43.0 Å². The summed E-state index contributed by atoms with van der Waals surface area (Å²) in [7, 11) is 0. The van der Waals surface area contributed by atoms with Gasteiger partial charge in [-0.1, -0.05) is 110 Å². The molecule has 1 aliphatic heterocycles. The van der Waals surface area contributed by atoms with Gasteiger partial charge in [-0.15, -0.1) is 0 Å². The molecule has 32 heavy (non-hydrogen) atoms. The molecule has 1 aliphatic rings. The molecule has 0 aromatic heterocycles. The van der Waals surface area contributed by atoms with E-state index in [1.807, 2.05) is 32.9 Å². The van der Waals surface area contributed by atoms with Gasteiger partial charge in [0, 0.05) is 13.1 Å². The van der Waals surface area contributed by atoms with Crippen LogP contribution in [0.5, 0.6) is 0 Å². The molecule has 0 amide bonds. The van der Waals surface area contributed by atoms with Crippen LogP contribution in [0, 0.1) is 0 Å². The van der Waals surface area contributed by atoms with Gasteiger partial charge in [-0.05, 0) is 52.1 Å². The molecule has 0 fully saturated rings. The minimum Gasteiger partial charge on any atom is -0.338 e. The molecule has 0 atom stereocenters. The molecule has 3 aromatic carbocycles. The first-order chi connectivity index (χ1) is 15.6. The van der Waals surface area contributed by atoms with Crippen molar-refractivity contribution in [2.75, 3.05) is 6.67 Å². The van der Waals surface area contributed by atoms with Crippen molar-refractivity contribution in [3.8, 4) is 0 Å². The summed E-state index contributed by atoms with van der Waals surface area (Å²) in [5.74, 6) is 0. The molecule has 0 unspecified atom stereocenters. The van der Waals surface area contributed by atoms with Gasteiger partial charge in [-0.3, -0.25) is 0 Å². The number of rotatable bonds is 6. The first-order valence-electron chi connectivity index (χ1n) is 11.0. The molecular weight excluding hydrogens is 435 g/mol. The highest BCUT2D eigenvalue weighted by Gasteiger charge is 2.27. The third-order valence-electron chi connectivity index (χ3n) is 5.35. The summed E-state index contributed by atoms with van der Waals surface area (Å²) in [6.07, 6.45) is 6.01. The van der Waals surface area contributed by atoms with Crippen molar-refractivity contribution in [1.82, 2.24) is 9.80 Å². The largest absolute Gasteiger partial charge is 0.338 e. The van der Waals surface area contributed by atoms with Crippen molar-refractivity contribution < 1.29 is 0 Å². The Labute approximate surface area is 202 Å². The summed E-state index contributed by atoms with van der Waals surface area (Å²) in [5, 5.41) is 3.66. The van der Waals surface area contributed by atoms with Gasteiger partial charge >= 0.3 is 0 Å². The maximum absolute atomic E-state index is 6.59. The van der Waals surface area contributed by atoms with Crippen LogP contribution in [0.4, 0.5) is 0 Å². The Kier molecular flexibility index (Phi) is 8.44. The third kappa shape index (κ3) is 5.38. The number of hydrogen-bond donors (Lipinski definition) is 0. The zero-order valence-electron chi connectivity index (χ0n) is 19.0. The Morgan fingerprint density at radius 3 is 2.03 bits per heavy atom. The van der Waals surface area contributed by atoms with Gasteiger partial charge in [0.1, 0.15) is 10.3 Å². The minimum absolute atomic E-state index is 0.593. The zero-order valence-corrected chi connectivity index (χ0v) is 20.5. The van der Waals surface area contributed by atoms with Crippen LogP contribution in [0.25, 0.3) is 22.9 Å². The fourth-order valence-electron chi connectivity index (χ4n) is 3.84. The number of fused-ring (bicyclic) bond motifs is 1. The fourth-order valence-corrected chi connectivity index (χ4v) is 4.30. The van der Waals surface area contributed by atoms with E-state index in [1.54, 1.807) is 0 Å². The number of halogens is 2. The first-order valence-corrected chi connectivity index (χ1v) is 11.8. The van der Waals surface area contributed by atoms with Crippen LogP contribution in [0.15, 0.2) is 83.6 Å². The molecule has 2 nitrogen and oxygen atoms in total. The number of nitrogens with zero attached hydrogens (tertiary/aromatic N) is 2. The lowest BCUT2D eigenvalue weighted by atomic mass is 10.0. The van der Waals surface area contributed by atoms with E-state index in [0.29, 0.717) is 30.1 Å². The first kappa shape index (κ1) is 24.0. The predicted octanol–water partition coefficient (Wildman–Crippen LogP) is 8.42. The van der Waals surface area contributed by atoms with Crippen LogP contribution < -0.4 is 0 Å². The molecule has 1 heterocycles. The molecule has 4 rings (SSSR count). The Hall–Kier alpha value is -2.68. The van der Waals surface area contributed by atoms with Crippen molar-refractivity contribution in [3.63, 3.8) is 0 Å². The van der Waals surface area contributed by atoms with Crippen LogP contribution >= 0.6 is 23.2 Å². The summed E-state index contributed by atoms with van der Waals surface area (Å²) in [5.41, 5.74) is 4.66. The standard InChI is InChI=1S/C26H24Cl2N2.C2H6/c1-3-7-22-12-10-19(14-21(22)4-2)16-29-18-30(26(28)25(29)27)17-20-11-13-23-8-5-6-9-24(23)15-20;1-2/h3-15H,2,16-18H2,1H3;1-2H3/b7-3-;. The molecule has 3 aromatic rings. The highest BCUT2D eigenvalue weighted by atomic mass is 35.5. The van der Waals surface area contributed by atoms with Crippen LogP contribution in [0.3, 0.4) is 0 Å². The van der Waals surface area contributed by atoms with E-state index in [-0.39, 0.29) is 0 Å². The molecule has 0 saturated heterocycles. The zero-order chi connectivity index (χ0) is 23.1. The van der Waals surface area contributed by atoms with Crippen LogP contribution in [-0.2, 0) is 13.1 Å². The summed E-state index contributed by atoms with van der Waals surface area (Å²) in [6, 6.07) is 21.3. The van der Waals surface area contributed by atoms with Gasteiger partial charge < -0.3 is 9.80 Å². The summed E-state index contributed by atoms with van der Waals surface area (Å²) in [6.45, 7) is 12.0. The smallest absolute Gasteiger partial charge is 0.142 e. The third-order valence-corrected chi connectivity index (χ3v) is 6.28. The lowest BCUT2D eigenvalue weighted by Crippen LogP contribution is -2.26. The van der Waals surface area contributed by atoms with E-state index >= 15 is 0 Å². The number of hydrogen-bond acceptors (Lipinski definition) is 2. The van der Waals surface area contributed by atoms with Gasteiger partial charge in [0.15, 0.2) is 0 Å². The molecule has 0 aliphatic carbocycles. The van der Waals surface area contributed by atoms with E-state index in [2.05, 4.69) is 83.1 Å². The Balaban J connectivity index is 0.00000141. The molecule has 0 bridgehead atoms. The van der Waals surface area contributed by atoms with Crippen molar-refractivity contribution in [2.45, 2.75) is 33.9 Å². The van der Waals surface area contributed by atoms with Crippen LogP contribution in [0.2, 0.25) is 0 Å². The maximum atomic E-state index is 6.59. The topological polar surface area (TPSA) is 6.48 Å². The van der Waals surface area contributed by atoms with E-state index in [9.17, 15) is 0 Å². The molecule has 0 radical (unpaired) electrons. The van der Waals surface area contributed by atoms with Crippen molar-refractivity contribution in [1.29, 1.82) is 0 Å². The molecule has 166 valence electrons. The van der Waals surface area contributed by atoms with Crippen molar-refractivity contribution >= 4 is 46.1 Å². The Morgan fingerprint density at radius 2 is 1.41 bits per heavy atom. The highest BCUT2D eigenvalue weighted by molar-refractivity contribution is 6.38. The molecule has 4 heteroatoms. The van der Waals surface area contributed by atoms with E-state index < -0.39 is 0 Å². The predicted molar refractivity (Wildman–Crippen MR) is 141 cm³/mol. The van der Waals surface area contributed by atoms with Gasteiger partial charge in [-0.2, -0.15) is 0 Å². The lowest BCUT2D eigenvalue weighted by Gasteiger charge is -2.23. The van der Waals surface area contributed by atoms with E-state index in [4.69, 9.17) is 23.2 Å². The molecular formula is C28H30Cl2N2. The summed E-state index contributed by atoms with van der Waals surface area (Å²) in [4.78, 5) is 4.21. The molecule has 0 N–H and O–H groups in total. The number of allylic oxidation sites excluding steroid dienone is 1. The highest BCUT2D eigenvalue weighted by Crippen LogP contribution is 2.33. The van der Waals surface area contributed by atoms with Gasteiger partial charge in [0.05, 0.1) is 6.67 Å². The molecule has 0 saturated carbocycles. The summed E-state index contributed by atoms with van der Waals surface area (Å²) < 4.78 is 0. The number of benzene rings is 3. The van der Waals surface area contributed by atoms with Crippen molar-refractivity contribution in [2.24, 2.45) is 0 Å². The SMILES string of the molecule is C=Cc1cc(CN2CN(Cc3ccc4ccccc4c3)C(Cl)=C2Cl)ccc1/C=C\C.CC. The second-order valence-electron chi connectivity index (χ2n) is 7.47. The lowest BCUT2D eigenvalue weighted by molar-refractivity contribution is 0.248. The van der Waals surface area contributed by atoms with E-state index in [1.165, 1.54) is 21.9 Å².